The van der Waals surface area contributed by atoms with Crippen molar-refractivity contribution in [2.24, 2.45) is 0 Å². The second-order valence-electron chi connectivity index (χ2n) is 3.42. The molecule has 1 N–H and O–H groups in total. The molecular weight excluding hydrogens is 160 g/mol. The Labute approximate surface area is 79.1 Å². The molecule has 0 fully saturated rings. The number of hydrogen-bond acceptors (Lipinski definition) is 0. The van der Waals surface area contributed by atoms with Crippen molar-refractivity contribution in [3.63, 3.8) is 0 Å². The largest absolute Gasteiger partial charge is 0.454 e. The SMILES string of the molecule is [CH2-][NH+]1CC=[N+](c2ccccc2)CC1. The van der Waals surface area contributed by atoms with Crippen LogP contribution in [0.1, 0.15) is 0 Å². The van der Waals surface area contributed by atoms with Crippen LogP contribution >= 0.6 is 0 Å². The molecule has 1 unspecified atom stereocenters. The van der Waals surface area contributed by atoms with Crippen molar-refractivity contribution in [3.05, 3.63) is 37.4 Å². The van der Waals surface area contributed by atoms with Crippen molar-refractivity contribution in [2.75, 3.05) is 19.6 Å². The highest BCUT2D eigenvalue weighted by atomic mass is 15.2. The van der Waals surface area contributed by atoms with Crippen molar-refractivity contribution in [1.82, 2.24) is 0 Å². The lowest BCUT2D eigenvalue weighted by Crippen LogP contribution is -3.09. The molecule has 0 amide bonds. The molecule has 1 aromatic carbocycles. The van der Waals surface area contributed by atoms with Gasteiger partial charge in [-0.05, 0) is 0 Å². The summed E-state index contributed by atoms with van der Waals surface area (Å²) in [7, 11) is 3.98. The van der Waals surface area contributed by atoms with Gasteiger partial charge in [-0.25, -0.2) is 0 Å². The van der Waals surface area contributed by atoms with Gasteiger partial charge < -0.3 is 4.90 Å². The van der Waals surface area contributed by atoms with E-state index in [2.05, 4.69) is 42.1 Å². The van der Waals surface area contributed by atoms with Crippen LogP contribution in [0.15, 0.2) is 30.3 Å². The minimum absolute atomic E-state index is 1.02. The summed E-state index contributed by atoms with van der Waals surface area (Å²) >= 11 is 0. The number of quaternary nitrogens is 1. The van der Waals surface area contributed by atoms with Gasteiger partial charge in [-0.3, -0.25) is 0 Å². The van der Waals surface area contributed by atoms with Crippen LogP contribution in [0.3, 0.4) is 0 Å². The average molecular weight is 175 g/mol. The maximum atomic E-state index is 3.98. The summed E-state index contributed by atoms with van der Waals surface area (Å²) in [6.45, 7) is 3.21. The van der Waals surface area contributed by atoms with E-state index in [0.29, 0.717) is 0 Å². The lowest BCUT2D eigenvalue weighted by atomic mass is 10.3. The number of nitrogens with zero attached hydrogens (tertiary/aromatic N) is 1. The maximum absolute atomic E-state index is 3.98. The monoisotopic (exact) mass is 175 g/mol. The van der Waals surface area contributed by atoms with Crippen LogP contribution in [-0.4, -0.2) is 30.4 Å². The van der Waals surface area contributed by atoms with Gasteiger partial charge in [0, 0.05) is 12.1 Å². The van der Waals surface area contributed by atoms with Crippen LogP contribution in [0.5, 0.6) is 0 Å². The molecule has 0 saturated carbocycles. The first-order chi connectivity index (χ1) is 6.36. The van der Waals surface area contributed by atoms with Gasteiger partial charge in [0.05, 0.1) is 0 Å². The molecule has 68 valence electrons. The molecule has 0 spiro atoms. The smallest absolute Gasteiger partial charge is 0.205 e. The second-order valence-corrected chi connectivity index (χ2v) is 3.42. The minimum atomic E-state index is 1.02. The molecule has 1 aliphatic rings. The molecule has 1 aliphatic heterocycles. The fourth-order valence-corrected chi connectivity index (χ4v) is 1.57. The molecule has 2 nitrogen and oxygen atoms in total. The molecule has 0 radical (unpaired) electrons. The minimum Gasteiger partial charge on any atom is -0.454 e. The highest BCUT2D eigenvalue weighted by Crippen LogP contribution is 2.08. The van der Waals surface area contributed by atoms with Crippen molar-refractivity contribution in [1.29, 1.82) is 0 Å². The highest BCUT2D eigenvalue weighted by Gasteiger charge is 2.14. The maximum Gasteiger partial charge on any atom is 0.205 e. The Morgan fingerprint density at radius 2 is 2.00 bits per heavy atom. The third-order valence-corrected chi connectivity index (χ3v) is 2.39. The molecule has 2 rings (SSSR count). The average Bonchev–Trinajstić information content (AvgIpc) is 2.20. The van der Waals surface area contributed by atoms with Crippen molar-refractivity contribution < 1.29 is 9.48 Å². The Balaban J connectivity index is 2.19. The molecule has 1 atom stereocenters. The predicted molar refractivity (Wildman–Crippen MR) is 53.3 cm³/mol. The van der Waals surface area contributed by atoms with Crippen molar-refractivity contribution >= 4 is 11.9 Å². The van der Waals surface area contributed by atoms with E-state index in [1.807, 2.05) is 6.07 Å². The molecule has 0 aliphatic carbocycles. The third kappa shape index (κ3) is 1.95. The first-order valence-corrected chi connectivity index (χ1v) is 4.68. The van der Waals surface area contributed by atoms with E-state index in [-0.39, 0.29) is 0 Å². The summed E-state index contributed by atoms with van der Waals surface area (Å²) in [6, 6.07) is 10.5. The van der Waals surface area contributed by atoms with Crippen LogP contribution in [0.4, 0.5) is 5.69 Å². The van der Waals surface area contributed by atoms with E-state index in [9.17, 15) is 0 Å². The summed E-state index contributed by atoms with van der Waals surface area (Å²) in [5.74, 6) is 0. The quantitative estimate of drug-likeness (QED) is 0.457. The number of para-hydroxylation sites is 1. The zero-order valence-electron chi connectivity index (χ0n) is 7.74. The van der Waals surface area contributed by atoms with E-state index >= 15 is 0 Å². The van der Waals surface area contributed by atoms with E-state index in [4.69, 9.17) is 0 Å². The van der Waals surface area contributed by atoms with Gasteiger partial charge in [0.2, 0.25) is 5.69 Å². The van der Waals surface area contributed by atoms with Crippen LogP contribution in [0.25, 0.3) is 0 Å². The summed E-state index contributed by atoms with van der Waals surface area (Å²) in [5, 5.41) is 0. The summed E-state index contributed by atoms with van der Waals surface area (Å²) < 4.78 is 2.30. The molecule has 2 heteroatoms. The molecule has 13 heavy (non-hydrogen) atoms. The molecule has 0 aromatic heterocycles. The van der Waals surface area contributed by atoms with Gasteiger partial charge in [-0.2, -0.15) is 11.6 Å². The van der Waals surface area contributed by atoms with Gasteiger partial charge >= 0.3 is 0 Å². The normalized spacial score (nSPS) is 22.5. The molecule has 0 saturated heterocycles. The van der Waals surface area contributed by atoms with Crippen LogP contribution in [0.2, 0.25) is 0 Å². The first-order valence-electron chi connectivity index (χ1n) is 4.68. The fourth-order valence-electron chi connectivity index (χ4n) is 1.57. The Hall–Kier alpha value is -1.15. The van der Waals surface area contributed by atoms with E-state index in [0.717, 1.165) is 19.6 Å². The van der Waals surface area contributed by atoms with E-state index in [1.54, 1.807) is 0 Å². The number of nitrogens with one attached hydrogen (secondary N) is 1. The Kier molecular flexibility index (Phi) is 2.41. The predicted octanol–water partition coefficient (Wildman–Crippen LogP) is 0.0915. The van der Waals surface area contributed by atoms with E-state index in [1.165, 1.54) is 10.6 Å². The summed E-state index contributed by atoms with van der Waals surface area (Å²) in [4.78, 5) is 1.34. The van der Waals surface area contributed by atoms with Gasteiger partial charge in [0.1, 0.15) is 13.1 Å². The lowest BCUT2D eigenvalue weighted by Gasteiger charge is -2.20. The molecular formula is C11H15N2+. The zero-order chi connectivity index (χ0) is 9.10. The number of benzene rings is 1. The Morgan fingerprint density at radius 3 is 2.62 bits per heavy atom. The van der Waals surface area contributed by atoms with Gasteiger partial charge in [-0.15, -0.1) is 0 Å². The van der Waals surface area contributed by atoms with E-state index < -0.39 is 0 Å². The zero-order valence-corrected chi connectivity index (χ0v) is 7.74. The molecule has 1 heterocycles. The molecule has 1 aromatic rings. The van der Waals surface area contributed by atoms with Gasteiger partial charge in [0.25, 0.3) is 0 Å². The van der Waals surface area contributed by atoms with Crippen LogP contribution in [-0.2, 0) is 0 Å². The van der Waals surface area contributed by atoms with Crippen LogP contribution < -0.4 is 4.90 Å². The van der Waals surface area contributed by atoms with Crippen molar-refractivity contribution in [3.8, 4) is 0 Å². The number of rotatable bonds is 1. The summed E-state index contributed by atoms with van der Waals surface area (Å²) in [5.41, 5.74) is 1.29. The van der Waals surface area contributed by atoms with Gasteiger partial charge in [0.15, 0.2) is 12.8 Å². The molecule has 0 bridgehead atoms. The van der Waals surface area contributed by atoms with Crippen molar-refractivity contribution in [2.45, 2.75) is 0 Å². The Bertz CT molecular complexity index is 303. The summed E-state index contributed by atoms with van der Waals surface area (Å²) in [6.07, 6.45) is 2.22. The first kappa shape index (κ1) is 8.45. The third-order valence-electron chi connectivity index (χ3n) is 2.39. The lowest BCUT2D eigenvalue weighted by molar-refractivity contribution is -0.860. The topological polar surface area (TPSA) is 7.45 Å². The standard InChI is InChI=1S/C11H15N2/c1-12-7-9-13(10-8-12)11-5-3-2-4-6-11/h2-6,9,12H,1,7-8,10H2/q+1. The second kappa shape index (κ2) is 3.71. The fraction of sp³-hybridized carbons (Fsp3) is 0.273. The Morgan fingerprint density at radius 1 is 1.23 bits per heavy atom. The van der Waals surface area contributed by atoms with Gasteiger partial charge in [-0.1, -0.05) is 18.2 Å². The highest BCUT2D eigenvalue weighted by molar-refractivity contribution is 5.55. The van der Waals surface area contributed by atoms with Crippen LogP contribution in [0, 0.1) is 7.05 Å². The number of hydrogen-bond donors (Lipinski definition) is 1.